The first-order chi connectivity index (χ1) is 18.8. The molecule has 40 heavy (non-hydrogen) atoms. The van der Waals surface area contributed by atoms with E-state index in [-0.39, 0.29) is 44.8 Å². The molecule has 0 radical (unpaired) electrons. The van der Waals surface area contributed by atoms with Gasteiger partial charge in [0.2, 0.25) is 0 Å². The Balaban J connectivity index is 1.28. The predicted molar refractivity (Wildman–Crippen MR) is 134 cm³/mol. The van der Waals surface area contributed by atoms with Crippen LogP contribution in [0.3, 0.4) is 0 Å². The van der Waals surface area contributed by atoms with Gasteiger partial charge in [-0.1, -0.05) is 6.92 Å². The van der Waals surface area contributed by atoms with Gasteiger partial charge in [-0.25, -0.2) is 4.79 Å². The zero-order chi connectivity index (χ0) is 28.8. The van der Waals surface area contributed by atoms with Crippen LogP contribution in [0.5, 0.6) is 0 Å². The number of hydrogen-bond donors (Lipinski definition) is 8. The number of carbonyl (C=O) groups excluding carboxylic acids is 1. The summed E-state index contributed by atoms with van der Waals surface area (Å²) in [5.41, 5.74) is -4.44. The van der Waals surface area contributed by atoms with E-state index in [1.54, 1.807) is 0 Å². The molecule has 14 atom stereocenters. The number of aliphatic hydroxyl groups is 8. The number of ether oxygens (including phenoxy) is 3. The lowest BCUT2D eigenvalue weighted by Crippen LogP contribution is -2.76. The minimum absolute atomic E-state index is 0.0313. The summed E-state index contributed by atoms with van der Waals surface area (Å²) < 4.78 is 16.4. The van der Waals surface area contributed by atoms with Crippen LogP contribution >= 0.6 is 0 Å². The highest BCUT2D eigenvalue weighted by Crippen LogP contribution is 2.70. The Morgan fingerprint density at radius 3 is 2.45 bits per heavy atom. The largest absolute Gasteiger partial charge is 0.458 e. The van der Waals surface area contributed by atoms with Crippen LogP contribution < -0.4 is 0 Å². The third-order valence-corrected chi connectivity index (χ3v) is 11.8. The van der Waals surface area contributed by atoms with Crippen LogP contribution in [-0.2, 0) is 19.0 Å². The molecule has 0 bridgehead atoms. The van der Waals surface area contributed by atoms with E-state index in [2.05, 4.69) is 0 Å². The molecule has 0 spiro atoms. The molecule has 0 aromatic carbocycles. The smallest absolute Gasteiger partial charge is 0.331 e. The average molecular weight is 571 g/mol. The zero-order valence-corrected chi connectivity index (χ0v) is 22.6. The SMILES string of the molecule is CC12CC(O)C3C(CCC4(O)CC(OC5OCC(O)C(O)C5O)CC(O)C34CO)C1(O)CCC2C1=CC(=O)OC1. The first-order valence-electron chi connectivity index (χ1n) is 14.4. The number of fused-ring (bicyclic) bond motifs is 5. The summed E-state index contributed by atoms with van der Waals surface area (Å²) in [5, 5.41) is 88.8. The molecule has 2 heterocycles. The molecule has 4 aliphatic carbocycles. The van der Waals surface area contributed by atoms with Crippen LogP contribution in [0.4, 0.5) is 0 Å². The van der Waals surface area contributed by atoms with Crippen molar-refractivity contribution in [3.8, 4) is 0 Å². The van der Waals surface area contributed by atoms with E-state index >= 15 is 0 Å². The number of esters is 1. The van der Waals surface area contributed by atoms with Gasteiger partial charge in [-0.15, -0.1) is 0 Å². The maximum atomic E-state index is 12.4. The Labute approximate surface area is 232 Å². The molecule has 14 unspecified atom stereocenters. The third kappa shape index (κ3) is 3.78. The lowest BCUT2D eigenvalue weighted by Gasteiger charge is -2.68. The van der Waals surface area contributed by atoms with Gasteiger partial charge in [-0.2, -0.15) is 0 Å². The van der Waals surface area contributed by atoms with E-state index in [4.69, 9.17) is 14.2 Å². The van der Waals surface area contributed by atoms with Crippen molar-refractivity contribution in [2.45, 2.75) is 106 Å². The highest BCUT2D eigenvalue weighted by atomic mass is 16.7. The lowest BCUT2D eigenvalue weighted by molar-refractivity contribution is -0.336. The van der Waals surface area contributed by atoms with Crippen molar-refractivity contribution in [3.63, 3.8) is 0 Å². The molecule has 0 aromatic heterocycles. The number of hydrogen-bond acceptors (Lipinski definition) is 12. The molecular weight excluding hydrogens is 528 g/mol. The summed E-state index contributed by atoms with van der Waals surface area (Å²) in [7, 11) is 0. The van der Waals surface area contributed by atoms with Gasteiger partial charge < -0.3 is 55.1 Å². The van der Waals surface area contributed by atoms with E-state index in [1.807, 2.05) is 6.92 Å². The Kier molecular flexibility index (Phi) is 6.98. The van der Waals surface area contributed by atoms with Crippen molar-refractivity contribution in [1.82, 2.24) is 0 Å². The molecule has 6 aliphatic rings. The fourth-order valence-electron chi connectivity index (χ4n) is 9.86. The number of carbonyl (C=O) groups is 1. The van der Waals surface area contributed by atoms with E-state index in [9.17, 15) is 45.6 Å². The van der Waals surface area contributed by atoms with Crippen LogP contribution in [0.15, 0.2) is 11.6 Å². The van der Waals surface area contributed by atoms with E-state index < -0.39 is 89.4 Å². The molecule has 8 N–H and O–H groups in total. The van der Waals surface area contributed by atoms with Gasteiger partial charge in [0.15, 0.2) is 6.29 Å². The topological polar surface area (TPSA) is 207 Å². The van der Waals surface area contributed by atoms with Crippen molar-refractivity contribution in [2.24, 2.45) is 28.6 Å². The van der Waals surface area contributed by atoms with Crippen LogP contribution in [-0.4, -0.2) is 121 Å². The summed E-state index contributed by atoms with van der Waals surface area (Å²) in [5.74, 6) is -1.92. The second-order valence-corrected chi connectivity index (χ2v) is 13.4. The van der Waals surface area contributed by atoms with Crippen LogP contribution in [0, 0.1) is 28.6 Å². The molecule has 6 rings (SSSR count). The Bertz CT molecular complexity index is 1050. The quantitative estimate of drug-likeness (QED) is 0.138. The van der Waals surface area contributed by atoms with Gasteiger partial charge in [-0.3, -0.25) is 0 Å². The van der Waals surface area contributed by atoms with Crippen molar-refractivity contribution in [3.05, 3.63) is 11.6 Å². The average Bonchev–Trinajstić information content (AvgIpc) is 3.43. The van der Waals surface area contributed by atoms with Crippen LogP contribution in [0.25, 0.3) is 0 Å². The van der Waals surface area contributed by atoms with Crippen molar-refractivity contribution < 1.29 is 59.9 Å². The van der Waals surface area contributed by atoms with Gasteiger partial charge in [-0.05, 0) is 49.5 Å². The van der Waals surface area contributed by atoms with Gasteiger partial charge in [0.25, 0.3) is 0 Å². The molecule has 0 amide bonds. The maximum absolute atomic E-state index is 12.4. The summed E-state index contributed by atoms with van der Waals surface area (Å²) in [4.78, 5) is 11.8. The first kappa shape index (κ1) is 28.9. The monoisotopic (exact) mass is 570 g/mol. The summed E-state index contributed by atoms with van der Waals surface area (Å²) in [6.45, 7) is 1.22. The number of cyclic esters (lactones) is 1. The minimum atomic E-state index is -1.67. The maximum Gasteiger partial charge on any atom is 0.331 e. The second-order valence-electron chi connectivity index (χ2n) is 13.4. The second kappa shape index (κ2) is 9.66. The minimum Gasteiger partial charge on any atom is -0.458 e. The van der Waals surface area contributed by atoms with Gasteiger partial charge in [0, 0.05) is 30.3 Å². The number of aliphatic hydroxyl groups excluding tert-OH is 6. The van der Waals surface area contributed by atoms with Crippen LogP contribution in [0.2, 0.25) is 0 Å². The standard InChI is InChI=1S/C28H42O12/c1-25-9-17(30)21-16(28(25,37)5-3-15(25)13-6-20(33)38-10-13)2-4-26(36)8-14(7-19(32)27(21,26)12-29)40-24-23(35)22(34)18(31)11-39-24/h6,14-19,21-24,29-32,34-37H,2-5,7-12H2,1H3. The van der Waals surface area contributed by atoms with E-state index in [0.717, 1.165) is 5.57 Å². The zero-order valence-electron chi connectivity index (χ0n) is 22.6. The molecule has 4 saturated carbocycles. The Morgan fingerprint density at radius 2 is 1.77 bits per heavy atom. The normalized spacial score (nSPS) is 56.1. The van der Waals surface area contributed by atoms with Gasteiger partial charge >= 0.3 is 5.97 Å². The van der Waals surface area contributed by atoms with Crippen molar-refractivity contribution in [2.75, 3.05) is 19.8 Å². The number of rotatable bonds is 4. The van der Waals surface area contributed by atoms with E-state index in [1.165, 1.54) is 6.08 Å². The molecule has 12 heteroatoms. The molecular formula is C28H42O12. The molecule has 5 fully saturated rings. The predicted octanol–water partition coefficient (Wildman–Crippen LogP) is -1.90. The van der Waals surface area contributed by atoms with Gasteiger partial charge in [0.1, 0.15) is 24.9 Å². The first-order valence-corrected chi connectivity index (χ1v) is 14.4. The molecule has 226 valence electrons. The van der Waals surface area contributed by atoms with Crippen LogP contribution in [0.1, 0.15) is 51.9 Å². The summed E-state index contributed by atoms with van der Waals surface area (Å²) in [6.07, 6.45) is -5.72. The van der Waals surface area contributed by atoms with Gasteiger partial charge in [0.05, 0.1) is 48.1 Å². The molecule has 0 aromatic rings. The highest BCUT2D eigenvalue weighted by Gasteiger charge is 2.75. The van der Waals surface area contributed by atoms with E-state index in [0.29, 0.717) is 19.3 Å². The lowest BCUT2D eigenvalue weighted by atomic mass is 9.40. The molecule has 1 saturated heterocycles. The summed E-state index contributed by atoms with van der Waals surface area (Å²) in [6, 6.07) is 0. The molecule has 12 nitrogen and oxygen atoms in total. The van der Waals surface area contributed by atoms with Crippen molar-refractivity contribution in [1.29, 1.82) is 0 Å². The molecule has 2 aliphatic heterocycles. The fraction of sp³-hybridized carbons (Fsp3) is 0.893. The third-order valence-electron chi connectivity index (χ3n) is 11.8. The fourth-order valence-corrected chi connectivity index (χ4v) is 9.86. The Hall–Kier alpha value is -1.19. The summed E-state index contributed by atoms with van der Waals surface area (Å²) >= 11 is 0. The van der Waals surface area contributed by atoms with Crippen molar-refractivity contribution >= 4 is 5.97 Å². The highest BCUT2D eigenvalue weighted by molar-refractivity contribution is 5.85. The Morgan fingerprint density at radius 1 is 1.02 bits per heavy atom.